The van der Waals surface area contributed by atoms with Crippen LogP contribution in [0.4, 0.5) is 18.9 Å². The van der Waals surface area contributed by atoms with E-state index in [1.54, 1.807) is 24.3 Å². The van der Waals surface area contributed by atoms with Gasteiger partial charge >= 0.3 is 0 Å². The molecule has 2 rings (SSSR count). The molecule has 0 aliphatic carbocycles. The summed E-state index contributed by atoms with van der Waals surface area (Å²) in [7, 11) is 0. The fourth-order valence-corrected chi connectivity index (χ4v) is 1.75. The third kappa shape index (κ3) is 3.58. The monoisotopic (exact) mass is 309 g/mol. The van der Waals surface area contributed by atoms with Crippen molar-refractivity contribution in [2.45, 2.75) is 13.3 Å². The maximum Gasteiger partial charge on any atom is 0.258 e. The van der Waals surface area contributed by atoms with E-state index < -0.39 is 28.9 Å². The van der Waals surface area contributed by atoms with Crippen molar-refractivity contribution in [3.63, 3.8) is 0 Å². The zero-order valence-electron chi connectivity index (χ0n) is 11.8. The molecular formula is C16H14F3NO2. The average molecular weight is 309 g/mol. The number of amides is 1. The highest BCUT2D eigenvalue weighted by molar-refractivity contribution is 6.04. The summed E-state index contributed by atoms with van der Waals surface area (Å²) in [6, 6.07) is 8.03. The highest BCUT2D eigenvalue weighted by Crippen LogP contribution is 2.19. The summed E-state index contributed by atoms with van der Waals surface area (Å²) >= 11 is 0. The molecule has 0 bridgehead atoms. The molecule has 0 aromatic heterocycles. The second-order valence-electron chi connectivity index (χ2n) is 4.55. The fourth-order valence-electron chi connectivity index (χ4n) is 1.75. The number of carbonyl (C=O) groups excluding carboxylic acids is 1. The van der Waals surface area contributed by atoms with Gasteiger partial charge in [0.2, 0.25) is 0 Å². The Morgan fingerprint density at radius 2 is 1.73 bits per heavy atom. The van der Waals surface area contributed by atoms with E-state index >= 15 is 0 Å². The van der Waals surface area contributed by atoms with Crippen molar-refractivity contribution in [3.05, 3.63) is 59.4 Å². The third-order valence-corrected chi connectivity index (χ3v) is 2.86. The number of anilines is 1. The van der Waals surface area contributed by atoms with Crippen LogP contribution in [0.25, 0.3) is 0 Å². The van der Waals surface area contributed by atoms with Crippen LogP contribution in [0.15, 0.2) is 36.4 Å². The molecule has 0 spiro atoms. The fraction of sp³-hybridized carbons (Fsp3) is 0.188. The summed E-state index contributed by atoms with van der Waals surface area (Å²) in [4.78, 5) is 11.9. The van der Waals surface area contributed by atoms with Crippen LogP contribution >= 0.6 is 0 Å². The quantitative estimate of drug-likeness (QED) is 0.843. The second-order valence-corrected chi connectivity index (χ2v) is 4.55. The molecule has 1 amide bonds. The highest BCUT2D eigenvalue weighted by atomic mass is 19.2. The minimum atomic E-state index is -1.67. The van der Waals surface area contributed by atoms with Gasteiger partial charge in [-0.05, 0) is 42.8 Å². The summed E-state index contributed by atoms with van der Waals surface area (Å²) in [6.07, 6.45) is 0.869. The summed E-state index contributed by atoms with van der Waals surface area (Å²) in [5.41, 5.74) is -0.178. The van der Waals surface area contributed by atoms with Gasteiger partial charge in [0.25, 0.3) is 5.91 Å². The topological polar surface area (TPSA) is 38.3 Å². The molecule has 2 aromatic carbocycles. The van der Waals surface area contributed by atoms with Gasteiger partial charge < -0.3 is 10.1 Å². The molecule has 22 heavy (non-hydrogen) atoms. The van der Waals surface area contributed by atoms with Crippen LogP contribution in [-0.4, -0.2) is 12.5 Å². The number of halogens is 3. The summed E-state index contributed by atoms with van der Waals surface area (Å²) < 4.78 is 44.9. The first-order chi connectivity index (χ1) is 10.5. The molecule has 0 aliphatic rings. The van der Waals surface area contributed by atoms with Gasteiger partial charge in [-0.3, -0.25) is 4.79 Å². The standard InChI is InChI=1S/C16H14F3NO2/c1-2-9-22-11-5-3-10(4-6-11)20-16(21)12-7-8-13(17)15(19)14(12)18/h3-8H,2,9H2,1H3,(H,20,21). The summed E-state index contributed by atoms with van der Waals surface area (Å²) in [5.74, 6) is -4.75. The molecule has 2 aromatic rings. The normalized spacial score (nSPS) is 10.4. The number of hydrogen-bond donors (Lipinski definition) is 1. The Bertz CT molecular complexity index is 672. The molecule has 0 fully saturated rings. The van der Waals surface area contributed by atoms with E-state index in [-0.39, 0.29) is 0 Å². The predicted octanol–water partition coefficient (Wildman–Crippen LogP) is 4.15. The van der Waals surface area contributed by atoms with Gasteiger partial charge in [0, 0.05) is 5.69 Å². The molecule has 0 unspecified atom stereocenters. The average Bonchev–Trinajstić information content (AvgIpc) is 2.52. The SMILES string of the molecule is CCCOc1ccc(NC(=O)c2ccc(F)c(F)c2F)cc1. The molecule has 0 heterocycles. The highest BCUT2D eigenvalue weighted by Gasteiger charge is 2.18. The van der Waals surface area contributed by atoms with Crippen molar-refractivity contribution in [2.24, 2.45) is 0 Å². The van der Waals surface area contributed by atoms with Gasteiger partial charge in [-0.25, -0.2) is 13.2 Å². The van der Waals surface area contributed by atoms with Crippen LogP contribution < -0.4 is 10.1 Å². The Labute approximate surface area is 125 Å². The lowest BCUT2D eigenvalue weighted by atomic mass is 10.1. The van der Waals surface area contributed by atoms with Crippen LogP contribution in [0.1, 0.15) is 23.7 Å². The van der Waals surface area contributed by atoms with E-state index in [2.05, 4.69) is 5.32 Å². The Morgan fingerprint density at radius 1 is 1.05 bits per heavy atom. The van der Waals surface area contributed by atoms with Crippen molar-refractivity contribution < 1.29 is 22.7 Å². The van der Waals surface area contributed by atoms with Crippen molar-refractivity contribution in [2.75, 3.05) is 11.9 Å². The van der Waals surface area contributed by atoms with E-state index in [0.717, 1.165) is 12.5 Å². The number of nitrogens with one attached hydrogen (secondary N) is 1. The molecule has 6 heteroatoms. The molecule has 0 atom stereocenters. The summed E-state index contributed by atoms with van der Waals surface area (Å²) in [6.45, 7) is 2.55. The van der Waals surface area contributed by atoms with E-state index in [4.69, 9.17) is 4.74 Å². The molecule has 116 valence electrons. The van der Waals surface area contributed by atoms with Crippen LogP contribution in [0.2, 0.25) is 0 Å². The van der Waals surface area contributed by atoms with Crippen LogP contribution in [-0.2, 0) is 0 Å². The molecule has 3 nitrogen and oxygen atoms in total. The van der Waals surface area contributed by atoms with Crippen LogP contribution in [0, 0.1) is 17.5 Å². The summed E-state index contributed by atoms with van der Waals surface area (Å²) in [5, 5.41) is 2.41. The number of carbonyl (C=O) groups is 1. The lowest BCUT2D eigenvalue weighted by molar-refractivity contribution is 0.102. The lowest BCUT2D eigenvalue weighted by Gasteiger charge is -2.08. The van der Waals surface area contributed by atoms with Crippen LogP contribution in [0.3, 0.4) is 0 Å². The van der Waals surface area contributed by atoms with E-state index in [1.165, 1.54) is 0 Å². The van der Waals surface area contributed by atoms with E-state index in [9.17, 15) is 18.0 Å². The van der Waals surface area contributed by atoms with Crippen molar-refractivity contribution in [1.82, 2.24) is 0 Å². The molecule has 0 saturated carbocycles. The largest absolute Gasteiger partial charge is 0.494 e. The van der Waals surface area contributed by atoms with E-state index in [0.29, 0.717) is 24.1 Å². The van der Waals surface area contributed by atoms with Crippen LogP contribution in [0.5, 0.6) is 5.75 Å². The smallest absolute Gasteiger partial charge is 0.258 e. The zero-order valence-corrected chi connectivity index (χ0v) is 11.8. The Morgan fingerprint density at radius 3 is 2.36 bits per heavy atom. The number of hydrogen-bond acceptors (Lipinski definition) is 2. The molecule has 0 aliphatic heterocycles. The predicted molar refractivity (Wildman–Crippen MR) is 76.5 cm³/mol. The van der Waals surface area contributed by atoms with Crippen molar-refractivity contribution in [3.8, 4) is 5.75 Å². The first-order valence-corrected chi connectivity index (χ1v) is 6.70. The molecule has 0 saturated heterocycles. The second kappa shape index (κ2) is 6.98. The van der Waals surface area contributed by atoms with Gasteiger partial charge in [-0.15, -0.1) is 0 Å². The molecule has 1 N–H and O–H groups in total. The maximum atomic E-state index is 13.5. The molecular weight excluding hydrogens is 295 g/mol. The van der Waals surface area contributed by atoms with Crippen molar-refractivity contribution >= 4 is 11.6 Å². The van der Waals surface area contributed by atoms with Crippen molar-refractivity contribution in [1.29, 1.82) is 0 Å². The number of rotatable bonds is 5. The zero-order chi connectivity index (χ0) is 16.1. The minimum Gasteiger partial charge on any atom is -0.494 e. The van der Waals surface area contributed by atoms with Gasteiger partial charge in [0.1, 0.15) is 5.75 Å². The van der Waals surface area contributed by atoms with Gasteiger partial charge in [0.05, 0.1) is 12.2 Å². The maximum absolute atomic E-state index is 13.5. The first-order valence-electron chi connectivity index (χ1n) is 6.70. The van der Waals surface area contributed by atoms with Gasteiger partial charge in [0.15, 0.2) is 17.5 Å². The third-order valence-electron chi connectivity index (χ3n) is 2.86. The molecule has 0 radical (unpaired) electrons. The van der Waals surface area contributed by atoms with Gasteiger partial charge in [-0.1, -0.05) is 6.92 Å². The lowest BCUT2D eigenvalue weighted by Crippen LogP contribution is -2.15. The minimum absolute atomic E-state index is 0.387. The Kier molecular flexibility index (Phi) is 5.04. The van der Waals surface area contributed by atoms with E-state index in [1.807, 2.05) is 6.92 Å². The Balaban J connectivity index is 2.10. The Hall–Kier alpha value is -2.50. The van der Waals surface area contributed by atoms with Gasteiger partial charge in [-0.2, -0.15) is 0 Å². The first kappa shape index (κ1) is 15.9. The number of ether oxygens (including phenoxy) is 1. The number of benzene rings is 2.